The van der Waals surface area contributed by atoms with Crippen LogP contribution in [0.15, 0.2) is 30.5 Å². The molecule has 2 amide bonds. The number of carbonyl (C=O) groups excluding carboxylic acids is 3. The first kappa shape index (κ1) is 19.2. The lowest BCUT2D eigenvalue weighted by atomic mass is 10.1. The number of esters is 1. The Balaban J connectivity index is 1.80. The molecule has 0 saturated carbocycles. The van der Waals surface area contributed by atoms with Crippen molar-refractivity contribution in [3.8, 4) is 0 Å². The van der Waals surface area contributed by atoms with E-state index >= 15 is 0 Å². The molecule has 0 bridgehead atoms. The molecule has 0 atom stereocenters. The van der Waals surface area contributed by atoms with Crippen molar-refractivity contribution in [3.05, 3.63) is 58.5 Å². The number of aryl methyl sites for hydroxylation is 2. The lowest BCUT2D eigenvalue weighted by Crippen LogP contribution is -2.42. The van der Waals surface area contributed by atoms with Crippen LogP contribution in [0.3, 0.4) is 0 Å². The zero-order valence-electron chi connectivity index (χ0n) is 16.2. The minimum absolute atomic E-state index is 0.204. The van der Waals surface area contributed by atoms with Crippen molar-refractivity contribution in [1.82, 2.24) is 20.4 Å². The van der Waals surface area contributed by atoms with Crippen LogP contribution in [0.5, 0.6) is 0 Å². The number of fused-ring (bicyclic) bond motifs is 1. The summed E-state index contributed by atoms with van der Waals surface area (Å²) in [6.07, 6.45) is 2.23. The molecule has 146 valence electrons. The number of H-pyrrole nitrogens is 1. The smallest absolute Gasteiger partial charge is 0.339 e. The first-order valence-corrected chi connectivity index (χ1v) is 8.83. The van der Waals surface area contributed by atoms with Gasteiger partial charge in [0, 0.05) is 29.8 Å². The second-order valence-corrected chi connectivity index (χ2v) is 6.40. The highest BCUT2D eigenvalue weighted by atomic mass is 16.5. The van der Waals surface area contributed by atoms with Gasteiger partial charge in [0.05, 0.1) is 18.2 Å². The molecule has 0 fully saturated rings. The number of aromatic amines is 1. The van der Waals surface area contributed by atoms with E-state index < -0.39 is 17.8 Å². The molecule has 8 heteroatoms. The van der Waals surface area contributed by atoms with Gasteiger partial charge >= 0.3 is 5.97 Å². The van der Waals surface area contributed by atoms with Crippen molar-refractivity contribution in [3.63, 3.8) is 0 Å². The van der Waals surface area contributed by atoms with Gasteiger partial charge in [0.25, 0.3) is 11.8 Å². The highest BCUT2D eigenvalue weighted by Crippen LogP contribution is 2.21. The molecule has 3 rings (SSSR count). The summed E-state index contributed by atoms with van der Waals surface area (Å²) in [7, 11) is 3.14. The van der Waals surface area contributed by atoms with Crippen molar-refractivity contribution >= 4 is 28.7 Å². The average Bonchev–Trinajstić information content (AvgIpc) is 3.22. The van der Waals surface area contributed by atoms with Crippen molar-refractivity contribution in [1.29, 1.82) is 0 Å². The van der Waals surface area contributed by atoms with Gasteiger partial charge in [0.1, 0.15) is 5.69 Å². The fourth-order valence-corrected chi connectivity index (χ4v) is 3.30. The summed E-state index contributed by atoms with van der Waals surface area (Å²) in [5, 5.41) is 0.786. The molecule has 0 radical (unpaired) electrons. The molecule has 3 aromatic rings. The normalized spacial score (nSPS) is 10.7. The molecular weight excluding hydrogens is 360 g/mol. The van der Waals surface area contributed by atoms with Crippen LogP contribution in [0.25, 0.3) is 10.9 Å². The van der Waals surface area contributed by atoms with Crippen molar-refractivity contribution < 1.29 is 19.1 Å². The van der Waals surface area contributed by atoms with Crippen LogP contribution in [-0.2, 0) is 18.2 Å². The number of rotatable bonds is 4. The number of amides is 2. The molecule has 8 nitrogen and oxygen atoms in total. The number of aromatic nitrogens is 2. The van der Waals surface area contributed by atoms with E-state index in [0.29, 0.717) is 28.8 Å². The Labute approximate surface area is 161 Å². The van der Waals surface area contributed by atoms with Crippen molar-refractivity contribution in [2.24, 2.45) is 7.05 Å². The van der Waals surface area contributed by atoms with Crippen LogP contribution < -0.4 is 10.9 Å². The number of hydrogen-bond acceptors (Lipinski definition) is 4. The number of nitrogens with one attached hydrogen (secondary N) is 3. The molecule has 3 N–H and O–H groups in total. The SMILES string of the molecule is CCc1[nH]c(C(=O)NNC(=O)c2cn(C)c3ccccc23)c(C)c1C(=O)OC. The predicted octanol–water partition coefficient (Wildman–Crippen LogP) is 2.24. The number of ether oxygens (including phenoxy) is 1. The first-order chi connectivity index (χ1) is 13.4. The van der Waals surface area contributed by atoms with Crippen molar-refractivity contribution in [2.45, 2.75) is 20.3 Å². The number of carbonyl (C=O) groups is 3. The van der Waals surface area contributed by atoms with Gasteiger partial charge in [-0.05, 0) is 25.0 Å². The average molecular weight is 382 g/mol. The van der Waals surface area contributed by atoms with Gasteiger partial charge in [-0.15, -0.1) is 0 Å². The monoisotopic (exact) mass is 382 g/mol. The fraction of sp³-hybridized carbons (Fsp3) is 0.250. The highest BCUT2D eigenvalue weighted by Gasteiger charge is 2.24. The van der Waals surface area contributed by atoms with Gasteiger partial charge in [-0.3, -0.25) is 20.4 Å². The zero-order chi connectivity index (χ0) is 20.4. The number of hydrogen-bond donors (Lipinski definition) is 3. The molecule has 0 unspecified atom stereocenters. The van der Waals surface area contributed by atoms with Crippen LogP contribution >= 0.6 is 0 Å². The Hall–Kier alpha value is -3.55. The second-order valence-electron chi connectivity index (χ2n) is 6.40. The van der Waals surface area contributed by atoms with Crippen molar-refractivity contribution in [2.75, 3.05) is 7.11 Å². The maximum Gasteiger partial charge on any atom is 0.339 e. The number of nitrogens with zero attached hydrogens (tertiary/aromatic N) is 1. The Morgan fingerprint density at radius 1 is 1.14 bits per heavy atom. The summed E-state index contributed by atoms with van der Waals surface area (Å²) in [6.45, 7) is 3.52. The molecule has 0 aliphatic carbocycles. The summed E-state index contributed by atoms with van der Waals surface area (Å²) in [5.74, 6) is -1.49. The summed E-state index contributed by atoms with van der Waals surface area (Å²) in [5.41, 5.74) is 7.82. The van der Waals surface area contributed by atoms with Crippen LogP contribution in [-0.4, -0.2) is 34.4 Å². The van der Waals surface area contributed by atoms with Crippen LogP contribution in [0.4, 0.5) is 0 Å². The minimum atomic E-state index is -0.545. The van der Waals surface area contributed by atoms with Crippen LogP contribution in [0.1, 0.15) is 49.4 Å². The molecular formula is C20H22N4O4. The number of benzene rings is 1. The Kier molecular flexibility index (Phi) is 5.21. The third-order valence-electron chi connectivity index (χ3n) is 4.73. The first-order valence-electron chi connectivity index (χ1n) is 8.83. The quantitative estimate of drug-likeness (QED) is 0.475. The molecule has 2 heterocycles. The van der Waals surface area contributed by atoms with Gasteiger partial charge in [-0.25, -0.2) is 4.79 Å². The number of para-hydroxylation sites is 1. The maximum absolute atomic E-state index is 12.6. The highest BCUT2D eigenvalue weighted by molar-refractivity contribution is 6.08. The summed E-state index contributed by atoms with van der Waals surface area (Å²) < 4.78 is 6.63. The van der Waals surface area contributed by atoms with Gasteiger partial charge in [-0.2, -0.15) is 0 Å². The van der Waals surface area contributed by atoms with E-state index in [9.17, 15) is 14.4 Å². The van der Waals surface area contributed by atoms with Crippen LogP contribution in [0, 0.1) is 6.92 Å². The van der Waals surface area contributed by atoms with E-state index in [0.717, 1.165) is 10.9 Å². The summed E-state index contributed by atoms with van der Waals surface area (Å²) in [4.78, 5) is 40.0. The van der Waals surface area contributed by atoms with E-state index in [-0.39, 0.29) is 5.69 Å². The molecule has 0 saturated heterocycles. The van der Waals surface area contributed by atoms with Gasteiger partial charge in [0.2, 0.25) is 0 Å². The standard InChI is InChI=1S/C20H22N4O4/c1-5-14-16(20(27)28-4)11(2)17(21-14)19(26)23-22-18(25)13-10-24(3)15-9-7-6-8-12(13)15/h6-10,21H,5H2,1-4H3,(H,22,25)(H,23,26). The summed E-state index contributed by atoms with van der Waals surface area (Å²) in [6, 6.07) is 7.50. The van der Waals surface area contributed by atoms with Gasteiger partial charge in [-0.1, -0.05) is 25.1 Å². The molecule has 1 aromatic carbocycles. The summed E-state index contributed by atoms with van der Waals surface area (Å²) >= 11 is 0. The van der Waals surface area contributed by atoms with E-state index in [2.05, 4.69) is 15.8 Å². The van der Waals surface area contributed by atoms with Crippen LogP contribution in [0.2, 0.25) is 0 Å². The Morgan fingerprint density at radius 3 is 2.50 bits per heavy atom. The third-order valence-corrected chi connectivity index (χ3v) is 4.73. The third kappa shape index (κ3) is 3.24. The number of hydrazine groups is 1. The molecule has 0 aliphatic rings. The molecule has 0 spiro atoms. The van der Waals surface area contributed by atoms with E-state index in [4.69, 9.17) is 4.74 Å². The van der Waals surface area contributed by atoms with Gasteiger partial charge in [0.15, 0.2) is 0 Å². The largest absolute Gasteiger partial charge is 0.465 e. The maximum atomic E-state index is 12.6. The van der Waals surface area contributed by atoms with E-state index in [1.807, 2.05) is 42.8 Å². The minimum Gasteiger partial charge on any atom is -0.465 e. The molecule has 2 aromatic heterocycles. The van der Waals surface area contributed by atoms with E-state index in [1.54, 1.807) is 13.1 Å². The number of methoxy groups -OCH3 is 1. The van der Waals surface area contributed by atoms with Gasteiger partial charge < -0.3 is 14.3 Å². The Morgan fingerprint density at radius 2 is 1.82 bits per heavy atom. The van der Waals surface area contributed by atoms with E-state index in [1.165, 1.54) is 7.11 Å². The lowest BCUT2D eigenvalue weighted by molar-refractivity contribution is 0.0598. The topological polar surface area (TPSA) is 105 Å². The predicted molar refractivity (Wildman–Crippen MR) is 104 cm³/mol. The zero-order valence-corrected chi connectivity index (χ0v) is 16.2. The molecule has 28 heavy (non-hydrogen) atoms. The fourth-order valence-electron chi connectivity index (χ4n) is 3.30. The molecule has 0 aliphatic heterocycles. The Bertz CT molecular complexity index is 1080. The lowest BCUT2D eigenvalue weighted by Gasteiger charge is -2.07. The second kappa shape index (κ2) is 7.59.